The minimum atomic E-state index is -0.592. The third-order valence-electron chi connectivity index (χ3n) is 2.16. The van der Waals surface area contributed by atoms with Crippen LogP contribution in [0.25, 0.3) is 0 Å². The second-order valence-corrected chi connectivity index (χ2v) is 3.81. The van der Waals surface area contributed by atoms with E-state index < -0.39 is 5.97 Å². The maximum absolute atomic E-state index is 11.7. The summed E-state index contributed by atoms with van der Waals surface area (Å²) in [4.78, 5) is 11.7. The van der Waals surface area contributed by atoms with Crippen LogP contribution in [0, 0.1) is 0 Å². The first-order valence-corrected chi connectivity index (χ1v) is 5.22. The quantitative estimate of drug-likeness (QED) is 0.653. The molecule has 0 aliphatic carbocycles. The Morgan fingerprint density at radius 2 is 2.18 bits per heavy atom. The van der Waals surface area contributed by atoms with Crippen LogP contribution in [0.5, 0.6) is 5.75 Å². The SMILES string of the molecule is Cn1nc(C(=O)Oc2ccccc2Cl)cc1N. The molecule has 17 heavy (non-hydrogen) atoms. The fourth-order valence-electron chi connectivity index (χ4n) is 1.26. The average molecular weight is 252 g/mol. The predicted octanol–water partition coefficient (Wildman–Crippen LogP) is 1.87. The van der Waals surface area contributed by atoms with E-state index in [2.05, 4.69) is 5.10 Å². The van der Waals surface area contributed by atoms with Crippen molar-refractivity contribution < 1.29 is 9.53 Å². The summed E-state index contributed by atoms with van der Waals surface area (Å²) in [6.07, 6.45) is 0. The monoisotopic (exact) mass is 251 g/mol. The highest BCUT2D eigenvalue weighted by molar-refractivity contribution is 6.32. The molecule has 1 aromatic heterocycles. The number of rotatable bonds is 2. The molecule has 0 spiro atoms. The molecule has 0 amide bonds. The summed E-state index contributed by atoms with van der Waals surface area (Å²) in [7, 11) is 1.64. The van der Waals surface area contributed by atoms with Gasteiger partial charge in [-0.25, -0.2) is 4.79 Å². The van der Waals surface area contributed by atoms with E-state index in [4.69, 9.17) is 22.1 Å². The molecule has 0 atom stereocenters. The number of para-hydroxylation sites is 1. The number of ether oxygens (including phenoxy) is 1. The van der Waals surface area contributed by atoms with E-state index in [9.17, 15) is 4.79 Å². The Balaban J connectivity index is 2.20. The molecule has 88 valence electrons. The van der Waals surface area contributed by atoms with Gasteiger partial charge in [0.2, 0.25) is 0 Å². The second kappa shape index (κ2) is 4.47. The molecule has 0 fully saturated rings. The fraction of sp³-hybridized carbons (Fsp3) is 0.0909. The molecule has 0 unspecified atom stereocenters. The number of nitrogen functional groups attached to an aromatic ring is 1. The van der Waals surface area contributed by atoms with Crippen LogP contribution >= 0.6 is 11.6 Å². The average Bonchev–Trinajstić information content (AvgIpc) is 2.63. The van der Waals surface area contributed by atoms with E-state index in [-0.39, 0.29) is 5.69 Å². The summed E-state index contributed by atoms with van der Waals surface area (Å²) in [6, 6.07) is 8.16. The van der Waals surface area contributed by atoms with E-state index in [0.29, 0.717) is 16.6 Å². The van der Waals surface area contributed by atoms with Gasteiger partial charge in [-0.15, -0.1) is 0 Å². The van der Waals surface area contributed by atoms with E-state index in [1.54, 1.807) is 31.3 Å². The molecule has 0 radical (unpaired) electrons. The number of hydrogen-bond donors (Lipinski definition) is 1. The van der Waals surface area contributed by atoms with Crippen LogP contribution in [0.2, 0.25) is 5.02 Å². The van der Waals surface area contributed by atoms with E-state index >= 15 is 0 Å². The Kier molecular flexibility index (Phi) is 3.01. The smallest absolute Gasteiger partial charge is 0.364 e. The maximum atomic E-state index is 11.7. The van der Waals surface area contributed by atoms with Gasteiger partial charge in [-0.1, -0.05) is 23.7 Å². The molecule has 0 saturated carbocycles. The van der Waals surface area contributed by atoms with E-state index in [1.807, 2.05) is 0 Å². The number of aromatic nitrogens is 2. The number of carbonyl (C=O) groups is 1. The normalized spacial score (nSPS) is 10.2. The van der Waals surface area contributed by atoms with Crippen molar-refractivity contribution in [3.8, 4) is 5.75 Å². The van der Waals surface area contributed by atoms with Gasteiger partial charge in [0.15, 0.2) is 5.69 Å². The van der Waals surface area contributed by atoms with Crippen LogP contribution in [0.4, 0.5) is 5.82 Å². The molecule has 5 nitrogen and oxygen atoms in total. The molecule has 1 aromatic carbocycles. The standard InChI is InChI=1S/C11H10ClN3O2/c1-15-10(13)6-8(14-15)11(16)17-9-5-3-2-4-7(9)12/h2-6H,13H2,1H3. The molecule has 0 saturated heterocycles. The number of hydrogen-bond acceptors (Lipinski definition) is 4. The number of nitrogens with zero attached hydrogens (tertiary/aromatic N) is 2. The Morgan fingerprint density at radius 3 is 2.76 bits per heavy atom. The lowest BCUT2D eigenvalue weighted by Gasteiger charge is -2.03. The van der Waals surface area contributed by atoms with Crippen LogP contribution < -0.4 is 10.5 Å². The van der Waals surface area contributed by atoms with Crippen molar-refractivity contribution in [1.82, 2.24) is 9.78 Å². The number of halogens is 1. The maximum Gasteiger partial charge on any atom is 0.364 e. The molecule has 0 aliphatic rings. The van der Waals surface area contributed by atoms with Gasteiger partial charge in [0, 0.05) is 13.1 Å². The first kappa shape index (κ1) is 11.5. The van der Waals surface area contributed by atoms with Gasteiger partial charge >= 0.3 is 5.97 Å². The highest BCUT2D eigenvalue weighted by Crippen LogP contribution is 2.24. The zero-order valence-electron chi connectivity index (χ0n) is 9.05. The summed E-state index contributed by atoms with van der Waals surface area (Å²) in [5, 5.41) is 4.28. The predicted molar refractivity (Wildman–Crippen MR) is 64.0 cm³/mol. The highest BCUT2D eigenvalue weighted by atomic mass is 35.5. The number of anilines is 1. The molecule has 1 heterocycles. The molecular weight excluding hydrogens is 242 g/mol. The Hall–Kier alpha value is -2.01. The molecule has 2 rings (SSSR count). The third-order valence-corrected chi connectivity index (χ3v) is 2.48. The minimum absolute atomic E-state index is 0.143. The number of benzene rings is 1. The third kappa shape index (κ3) is 2.39. The van der Waals surface area contributed by atoms with Crippen molar-refractivity contribution in [2.75, 3.05) is 5.73 Å². The van der Waals surface area contributed by atoms with Crippen molar-refractivity contribution in [2.24, 2.45) is 7.05 Å². The van der Waals surface area contributed by atoms with Crippen LogP contribution in [-0.2, 0) is 7.05 Å². The summed E-state index contributed by atoms with van der Waals surface area (Å²) in [5.74, 6) is 0.0879. The van der Waals surface area contributed by atoms with Gasteiger partial charge in [0.1, 0.15) is 11.6 Å². The minimum Gasteiger partial charge on any atom is -0.420 e. The summed E-state index contributed by atoms with van der Waals surface area (Å²) >= 11 is 5.86. The number of carbonyl (C=O) groups excluding carboxylic acids is 1. The van der Waals surface area contributed by atoms with Gasteiger partial charge in [0.05, 0.1) is 5.02 Å². The summed E-state index contributed by atoms with van der Waals surface area (Å²) < 4.78 is 6.49. The van der Waals surface area contributed by atoms with Crippen LogP contribution in [0.15, 0.2) is 30.3 Å². The Labute approximate surface area is 103 Å². The second-order valence-electron chi connectivity index (χ2n) is 3.40. The van der Waals surface area contributed by atoms with Gasteiger partial charge < -0.3 is 10.5 Å². The van der Waals surface area contributed by atoms with Gasteiger partial charge in [-0.3, -0.25) is 4.68 Å². The molecule has 0 aliphatic heterocycles. The van der Waals surface area contributed by atoms with Crippen molar-refractivity contribution in [3.05, 3.63) is 41.0 Å². The topological polar surface area (TPSA) is 70.1 Å². The van der Waals surface area contributed by atoms with Crippen LogP contribution in [0.1, 0.15) is 10.5 Å². The Bertz CT molecular complexity index is 546. The first-order valence-electron chi connectivity index (χ1n) is 4.84. The summed E-state index contributed by atoms with van der Waals surface area (Å²) in [5.41, 5.74) is 5.71. The molecule has 2 N–H and O–H groups in total. The van der Waals surface area contributed by atoms with Crippen molar-refractivity contribution in [2.45, 2.75) is 0 Å². The lowest BCUT2D eigenvalue weighted by Crippen LogP contribution is -2.10. The largest absolute Gasteiger partial charge is 0.420 e. The Morgan fingerprint density at radius 1 is 1.47 bits per heavy atom. The lowest BCUT2D eigenvalue weighted by atomic mass is 10.3. The zero-order chi connectivity index (χ0) is 12.4. The molecule has 6 heteroatoms. The van der Waals surface area contributed by atoms with E-state index in [0.717, 1.165) is 0 Å². The van der Waals surface area contributed by atoms with E-state index in [1.165, 1.54) is 10.7 Å². The van der Waals surface area contributed by atoms with Gasteiger partial charge in [-0.05, 0) is 12.1 Å². The first-order chi connectivity index (χ1) is 8.08. The van der Waals surface area contributed by atoms with Crippen molar-refractivity contribution >= 4 is 23.4 Å². The number of nitrogens with two attached hydrogens (primary N) is 1. The van der Waals surface area contributed by atoms with Crippen LogP contribution in [-0.4, -0.2) is 15.7 Å². The van der Waals surface area contributed by atoms with Gasteiger partial charge in [0.25, 0.3) is 0 Å². The number of esters is 1. The molecule has 2 aromatic rings. The van der Waals surface area contributed by atoms with Crippen molar-refractivity contribution in [1.29, 1.82) is 0 Å². The van der Waals surface area contributed by atoms with Crippen molar-refractivity contribution in [3.63, 3.8) is 0 Å². The van der Waals surface area contributed by atoms with Crippen LogP contribution in [0.3, 0.4) is 0 Å². The zero-order valence-corrected chi connectivity index (χ0v) is 9.81. The number of aryl methyl sites for hydroxylation is 1. The molecule has 0 bridgehead atoms. The highest BCUT2D eigenvalue weighted by Gasteiger charge is 2.15. The molecular formula is C11H10ClN3O2. The lowest BCUT2D eigenvalue weighted by molar-refractivity contribution is 0.0728. The summed E-state index contributed by atoms with van der Waals surface area (Å²) in [6.45, 7) is 0. The van der Waals surface area contributed by atoms with Gasteiger partial charge in [-0.2, -0.15) is 5.10 Å². The fourth-order valence-corrected chi connectivity index (χ4v) is 1.44.